The molecule has 0 spiro atoms. The molecule has 0 unspecified atom stereocenters. The maximum atomic E-state index is 4.55. The number of thiazole rings is 1. The van der Waals surface area contributed by atoms with Gasteiger partial charge < -0.3 is 5.32 Å². The molecular formula is C15H13N3S. The molecule has 0 aliphatic heterocycles. The van der Waals surface area contributed by atoms with Crippen LogP contribution >= 0.6 is 11.3 Å². The molecule has 94 valence electrons. The quantitative estimate of drug-likeness (QED) is 0.770. The van der Waals surface area contributed by atoms with Crippen molar-refractivity contribution in [3.8, 4) is 10.4 Å². The SMILES string of the molecule is Cc1nc(Nc2ccccn2)sc1-c1ccccc1. The second-order valence-corrected chi connectivity index (χ2v) is 5.14. The zero-order valence-electron chi connectivity index (χ0n) is 10.5. The van der Waals surface area contributed by atoms with E-state index in [0.29, 0.717) is 0 Å². The zero-order chi connectivity index (χ0) is 13.1. The number of aromatic nitrogens is 2. The van der Waals surface area contributed by atoms with Gasteiger partial charge >= 0.3 is 0 Å². The molecule has 1 N–H and O–H groups in total. The largest absolute Gasteiger partial charge is 0.316 e. The molecule has 0 radical (unpaired) electrons. The zero-order valence-corrected chi connectivity index (χ0v) is 11.3. The summed E-state index contributed by atoms with van der Waals surface area (Å²) in [6.45, 7) is 2.03. The van der Waals surface area contributed by atoms with Crippen molar-refractivity contribution in [2.45, 2.75) is 6.92 Å². The van der Waals surface area contributed by atoms with E-state index in [9.17, 15) is 0 Å². The fraction of sp³-hybridized carbons (Fsp3) is 0.0667. The predicted molar refractivity (Wildman–Crippen MR) is 79.8 cm³/mol. The first kappa shape index (κ1) is 11.9. The second-order valence-electron chi connectivity index (χ2n) is 4.14. The van der Waals surface area contributed by atoms with Crippen LogP contribution in [0.5, 0.6) is 0 Å². The van der Waals surface area contributed by atoms with E-state index in [1.54, 1.807) is 17.5 Å². The molecule has 4 heteroatoms. The molecule has 3 nitrogen and oxygen atoms in total. The molecular weight excluding hydrogens is 254 g/mol. The monoisotopic (exact) mass is 267 g/mol. The number of benzene rings is 1. The number of aryl methyl sites for hydroxylation is 1. The van der Waals surface area contributed by atoms with Crippen LogP contribution in [-0.4, -0.2) is 9.97 Å². The van der Waals surface area contributed by atoms with Crippen molar-refractivity contribution in [1.82, 2.24) is 9.97 Å². The van der Waals surface area contributed by atoms with Gasteiger partial charge in [0.05, 0.1) is 10.6 Å². The highest BCUT2D eigenvalue weighted by Crippen LogP contribution is 2.33. The number of pyridine rings is 1. The van der Waals surface area contributed by atoms with Crippen LogP contribution in [-0.2, 0) is 0 Å². The summed E-state index contributed by atoms with van der Waals surface area (Å²) in [5.41, 5.74) is 2.24. The fourth-order valence-electron chi connectivity index (χ4n) is 1.85. The third-order valence-electron chi connectivity index (χ3n) is 2.73. The molecule has 2 heterocycles. The lowest BCUT2D eigenvalue weighted by Crippen LogP contribution is -1.91. The first-order valence-electron chi connectivity index (χ1n) is 6.04. The molecule has 19 heavy (non-hydrogen) atoms. The molecule has 3 aromatic rings. The molecule has 0 aliphatic rings. The van der Waals surface area contributed by atoms with Crippen molar-refractivity contribution >= 4 is 22.3 Å². The van der Waals surface area contributed by atoms with E-state index >= 15 is 0 Å². The van der Waals surface area contributed by atoms with E-state index in [2.05, 4.69) is 27.4 Å². The molecule has 0 atom stereocenters. The smallest absolute Gasteiger partial charge is 0.189 e. The van der Waals surface area contributed by atoms with Gasteiger partial charge in [0.1, 0.15) is 5.82 Å². The number of nitrogens with zero attached hydrogens (tertiary/aromatic N) is 2. The topological polar surface area (TPSA) is 37.8 Å². The third kappa shape index (κ3) is 2.63. The van der Waals surface area contributed by atoms with E-state index in [4.69, 9.17) is 0 Å². The average molecular weight is 267 g/mol. The maximum Gasteiger partial charge on any atom is 0.189 e. The van der Waals surface area contributed by atoms with Crippen LogP contribution in [0.1, 0.15) is 5.69 Å². The molecule has 0 saturated heterocycles. The van der Waals surface area contributed by atoms with Gasteiger partial charge in [0, 0.05) is 6.20 Å². The van der Waals surface area contributed by atoms with Crippen LogP contribution in [0.3, 0.4) is 0 Å². The molecule has 0 amide bonds. The van der Waals surface area contributed by atoms with Gasteiger partial charge in [-0.15, -0.1) is 0 Å². The lowest BCUT2D eigenvalue weighted by Gasteiger charge is -1.99. The first-order valence-corrected chi connectivity index (χ1v) is 6.85. The predicted octanol–water partition coefficient (Wildman–Crippen LogP) is 4.26. The molecule has 2 aromatic heterocycles. The molecule has 0 saturated carbocycles. The normalized spacial score (nSPS) is 10.4. The van der Waals surface area contributed by atoms with E-state index in [1.165, 1.54) is 10.4 Å². The number of anilines is 2. The Labute approximate surface area is 116 Å². The van der Waals surface area contributed by atoms with Crippen LogP contribution in [0.25, 0.3) is 10.4 Å². The van der Waals surface area contributed by atoms with Crippen molar-refractivity contribution < 1.29 is 0 Å². The Bertz CT molecular complexity index is 662. The molecule has 1 aromatic carbocycles. The van der Waals surface area contributed by atoms with E-state index in [-0.39, 0.29) is 0 Å². The Morgan fingerprint density at radius 3 is 2.53 bits per heavy atom. The second kappa shape index (κ2) is 5.20. The Kier molecular flexibility index (Phi) is 3.25. The average Bonchev–Trinajstić information content (AvgIpc) is 2.82. The first-order chi connectivity index (χ1) is 9.33. The van der Waals surface area contributed by atoms with Gasteiger partial charge in [0.25, 0.3) is 0 Å². The minimum Gasteiger partial charge on any atom is -0.316 e. The van der Waals surface area contributed by atoms with Crippen molar-refractivity contribution in [1.29, 1.82) is 0 Å². The van der Waals surface area contributed by atoms with Gasteiger partial charge in [-0.2, -0.15) is 0 Å². The Morgan fingerprint density at radius 1 is 1.00 bits per heavy atom. The fourth-order valence-corrected chi connectivity index (χ4v) is 2.83. The van der Waals surface area contributed by atoms with Gasteiger partial charge in [-0.3, -0.25) is 0 Å². The molecule has 0 aliphatic carbocycles. The summed E-state index contributed by atoms with van der Waals surface area (Å²) in [7, 11) is 0. The van der Waals surface area contributed by atoms with Gasteiger partial charge in [-0.05, 0) is 24.6 Å². The van der Waals surface area contributed by atoms with E-state index in [1.807, 2.05) is 43.3 Å². The molecule has 0 fully saturated rings. The highest BCUT2D eigenvalue weighted by atomic mass is 32.1. The Balaban J connectivity index is 1.90. The maximum absolute atomic E-state index is 4.55. The highest BCUT2D eigenvalue weighted by molar-refractivity contribution is 7.19. The van der Waals surface area contributed by atoms with Crippen molar-refractivity contribution in [3.05, 3.63) is 60.4 Å². The van der Waals surface area contributed by atoms with Gasteiger partial charge in [-0.25, -0.2) is 9.97 Å². The van der Waals surface area contributed by atoms with Crippen LogP contribution in [0, 0.1) is 6.92 Å². The lowest BCUT2D eigenvalue weighted by atomic mass is 10.2. The summed E-state index contributed by atoms with van der Waals surface area (Å²) in [4.78, 5) is 9.98. The van der Waals surface area contributed by atoms with Crippen LogP contribution < -0.4 is 5.32 Å². The van der Waals surface area contributed by atoms with Crippen LogP contribution in [0.4, 0.5) is 10.9 Å². The van der Waals surface area contributed by atoms with Crippen molar-refractivity contribution in [2.75, 3.05) is 5.32 Å². The summed E-state index contributed by atoms with van der Waals surface area (Å²) < 4.78 is 0. The minimum absolute atomic E-state index is 0.816. The summed E-state index contributed by atoms with van der Waals surface area (Å²) in [6, 6.07) is 16.1. The highest BCUT2D eigenvalue weighted by Gasteiger charge is 2.09. The molecule has 0 bridgehead atoms. The summed E-state index contributed by atoms with van der Waals surface area (Å²) in [6.07, 6.45) is 1.76. The number of hydrogen-bond acceptors (Lipinski definition) is 4. The van der Waals surface area contributed by atoms with Crippen molar-refractivity contribution in [2.24, 2.45) is 0 Å². The van der Waals surface area contributed by atoms with E-state index < -0.39 is 0 Å². The summed E-state index contributed by atoms with van der Waals surface area (Å²) in [5.74, 6) is 0.816. The minimum atomic E-state index is 0.816. The van der Waals surface area contributed by atoms with Crippen LogP contribution in [0.2, 0.25) is 0 Å². The van der Waals surface area contributed by atoms with Crippen LogP contribution in [0.15, 0.2) is 54.7 Å². The standard InChI is InChI=1S/C15H13N3S/c1-11-14(12-7-3-2-4-8-12)19-15(17-11)18-13-9-5-6-10-16-13/h2-10H,1H3,(H,16,17,18). The lowest BCUT2D eigenvalue weighted by molar-refractivity contribution is 1.24. The van der Waals surface area contributed by atoms with Crippen molar-refractivity contribution in [3.63, 3.8) is 0 Å². The number of nitrogens with one attached hydrogen (secondary N) is 1. The molecule has 3 rings (SSSR count). The number of rotatable bonds is 3. The van der Waals surface area contributed by atoms with Gasteiger partial charge in [0.2, 0.25) is 0 Å². The van der Waals surface area contributed by atoms with Gasteiger partial charge in [-0.1, -0.05) is 47.7 Å². The van der Waals surface area contributed by atoms with Gasteiger partial charge in [0.15, 0.2) is 5.13 Å². The Hall–Kier alpha value is -2.20. The van der Waals surface area contributed by atoms with E-state index in [0.717, 1.165) is 16.6 Å². The third-order valence-corrected chi connectivity index (χ3v) is 3.85. The Morgan fingerprint density at radius 2 is 1.79 bits per heavy atom. The number of hydrogen-bond donors (Lipinski definition) is 1. The summed E-state index contributed by atoms with van der Waals surface area (Å²) in [5, 5.41) is 4.10. The summed E-state index contributed by atoms with van der Waals surface area (Å²) >= 11 is 1.65.